The van der Waals surface area contributed by atoms with E-state index < -0.39 is 0 Å². The third-order valence-electron chi connectivity index (χ3n) is 5.23. The number of rotatable bonds is 5. The second kappa shape index (κ2) is 7.35. The minimum atomic E-state index is -0.0391. The van der Waals surface area contributed by atoms with Crippen LogP contribution < -0.4 is 5.43 Å². The number of oxazole rings is 1. The van der Waals surface area contributed by atoms with Crippen LogP contribution in [0.1, 0.15) is 38.7 Å². The van der Waals surface area contributed by atoms with Gasteiger partial charge in [0, 0.05) is 23.0 Å². The third kappa shape index (κ3) is 3.37. The zero-order chi connectivity index (χ0) is 18.8. The number of hydrogen-bond donors (Lipinski definition) is 1. The van der Waals surface area contributed by atoms with Crippen molar-refractivity contribution in [1.29, 1.82) is 0 Å². The predicted octanol–water partition coefficient (Wildman–Crippen LogP) is 4.77. The number of hydrogen-bond acceptors (Lipinski definition) is 4. The Labute approximate surface area is 158 Å². The second-order valence-electron chi connectivity index (χ2n) is 7.08. The normalized spacial score (nSPS) is 19.8. The molecule has 3 aromatic rings. The molecule has 5 heteroatoms. The monoisotopic (exact) mass is 361 g/mol. The maximum atomic E-state index is 12.2. The van der Waals surface area contributed by atoms with E-state index in [9.17, 15) is 4.79 Å². The van der Waals surface area contributed by atoms with Gasteiger partial charge in [-0.3, -0.25) is 4.79 Å². The lowest BCUT2D eigenvalue weighted by Gasteiger charge is -2.28. The summed E-state index contributed by atoms with van der Waals surface area (Å²) in [5.41, 5.74) is 7.05. The van der Waals surface area contributed by atoms with Gasteiger partial charge in [-0.2, -0.15) is 5.10 Å². The molecule has 1 aliphatic heterocycles. The van der Waals surface area contributed by atoms with E-state index in [2.05, 4.69) is 29.4 Å². The summed E-state index contributed by atoms with van der Waals surface area (Å²) in [6.45, 7) is 4.22. The summed E-state index contributed by atoms with van der Waals surface area (Å²) in [5, 5.41) is 4.35. The largest absolute Gasteiger partial charge is 0.436 e. The topological polar surface area (TPSA) is 67.5 Å². The van der Waals surface area contributed by atoms with E-state index in [0.717, 1.165) is 47.2 Å². The van der Waals surface area contributed by atoms with Gasteiger partial charge in [0.1, 0.15) is 5.52 Å². The number of hydrazone groups is 1. The summed E-state index contributed by atoms with van der Waals surface area (Å²) >= 11 is 0. The molecule has 0 bridgehead atoms. The summed E-state index contributed by atoms with van der Waals surface area (Å²) in [6, 6.07) is 15.8. The lowest BCUT2D eigenvalue weighted by molar-refractivity contribution is -0.126. The number of carbonyl (C=O) groups is 1. The lowest BCUT2D eigenvalue weighted by atomic mass is 9.82. The first kappa shape index (κ1) is 17.5. The Hall–Kier alpha value is -2.95. The minimum Gasteiger partial charge on any atom is -0.436 e. The Kier molecular flexibility index (Phi) is 4.75. The van der Waals surface area contributed by atoms with Crippen LogP contribution in [0.2, 0.25) is 0 Å². The predicted molar refractivity (Wildman–Crippen MR) is 106 cm³/mol. The molecule has 1 aromatic heterocycles. The van der Waals surface area contributed by atoms with Crippen molar-refractivity contribution in [3.8, 4) is 11.5 Å². The Bertz CT molecular complexity index is 991. The molecular formula is C22H23N3O2. The van der Waals surface area contributed by atoms with Gasteiger partial charge in [0.05, 0.1) is 5.71 Å². The van der Waals surface area contributed by atoms with Crippen LogP contribution in [0.25, 0.3) is 22.6 Å². The molecule has 1 amide bonds. The number of carbonyl (C=O) groups excluding carboxylic acids is 1. The molecular weight excluding hydrogens is 338 g/mol. The van der Waals surface area contributed by atoms with Crippen molar-refractivity contribution in [2.75, 3.05) is 0 Å². The molecule has 0 fully saturated rings. The molecule has 1 N–H and O–H groups in total. The van der Waals surface area contributed by atoms with Crippen LogP contribution in [0.3, 0.4) is 0 Å². The van der Waals surface area contributed by atoms with Crippen LogP contribution in [0.4, 0.5) is 0 Å². The standard InChI is InChI=1S/C22H23N3O2/c1-3-4-10-17-14(2)20(24-25-21(17)26)16-11-12-18-19(13-16)27-22(23-18)15-8-6-5-7-9-15/h5-9,11-14,17H,3-4,10H2,1-2H3,(H,25,26)/t14-,17-/m1/s1. The van der Waals surface area contributed by atoms with Crippen LogP contribution in [-0.2, 0) is 4.79 Å². The molecule has 2 heterocycles. The molecule has 2 aromatic carbocycles. The average molecular weight is 361 g/mol. The maximum absolute atomic E-state index is 12.2. The zero-order valence-electron chi connectivity index (χ0n) is 15.6. The van der Waals surface area contributed by atoms with Gasteiger partial charge in [-0.15, -0.1) is 0 Å². The van der Waals surface area contributed by atoms with Gasteiger partial charge in [-0.05, 0) is 30.7 Å². The highest BCUT2D eigenvalue weighted by atomic mass is 16.3. The summed E-state index contributed by atoms with van der Waals surface area (Å²) in [5.74, 6) is 0.657. The van der Waals surface area contributed by atoms with Crippen molar-refractivity contribution >= 4 is 22.7 Å². The Morgan fingerprint density at radius 3 is 2.70 bits per heavy atom. The molecule has 4 rings (SSSR count). The fraction of sp³-hybridized carbons (Fsp3) is 0.318. The van der Waals surface area contributed by atoms with Crippen LogP contribution in [-0.4, -0.2) is 16.6 Å². The number of amides is 1. The van der Waals surface area contributed by atoms with E-state index in [1.165, 1.54) is 0 Å². The van der Waals surface area contributed by atoms with Crippen LogP contribution in [0, 0.1) is 11.8 Å². The first-order valence-electron chi connectivity index (χ1n) is 9.51. The van der Waals surface area contributed by atoms with Gasteiger partial charge >= 0.3 is 0 Å². The van der Waals surface area contributed by atoms with Gasteiger partial charge in [0.2, 0.25) is 11.8 Å². The fourth-order valence-electron chi connectivity index (χ4n) is 3.64. The molecule has 27 heavy (non-hydrogen) atoms. The molecule has 2 atom stereocenters. The Morgan fingerprint density at radius 2 is 1.93 bits per heavy atom. The van der Waals surface area contributed by atoms with E-state index in [1.54, 1.807) is 0 Å². The van der Waals surface area contributed by atoms with Gasteiger partial charge in [0.15, 0.2) is 5.58 Å². The quantitative estimate of drug-likeness (QED) is 0.712. The highest BCUT2D eigenvalue weighted by Gasteiger charge is 2.32. The van der Waals surface area contributed by atoms with Crippen molar-refractivity contribution in [2.45, 2.75) is 33.1 Å². The van der Waals surface area contributed by atoms with E-state index in [4.69, 9.17) is 4.42 Å². The minimum absolute atomic E-state index is 0.0202. The van der Waals surface area contributed by atoms with E-state index in [0.29, 0.717) is 5.89 Å². The Balaban J connectivity index is 1.66. The number of nitrogens with zero attached hydrogens (tertiary/aromatic N) is 2. The second-order valence-corrected chi connectivity index (χ2v) is 7.08. The molecule has 5 nitrogen and oxygen atoms in total. The van der Waals surface area contributed by atoms with E-state index in [1.807, 2.05) is 48.5 Å². The average Bonchev–Trinajstić information content (AvgIpc) is 3.12. The molecule has 0 radical (unpaired) electrons. The number of fused-ring (bicyclic) bond motifs is 1. The molecule has 0 aliphatic carbocycles. The van der Waals surface area contributed by atoms with Crippen LogP contribution in [0.5, 0.6) is 0 Å². The van der Waals surface area contributed by atoms with Gasteiger partial charge < -0.3 is 4.42 Å². The van der Waals surface area contributed by atoms with Crippen molar-refractivity contribution in [1.82, 2.24) is 10.4 Å². The van der Waals surface area contributed by atoms with Crippen molar-refractivity contribution < 1.29 is 9.21 Å². The van der Waals surface area contributed by atoms with Crippen molar-refractivity contribution in [2.24, 2.45) is 16.9 Å². The van der Waals surface area contributed by atoms with E-state index in [-0.39, 0.29) is 17.7 Å². The lowest BCUT2D eigenvalue weighted by Crippen LogP contribution is -2.41. The Morgan fingerprint density at radius 1 is 1.11 bits per heavy atom. The highest BCUT2D eigenvalue weighted by molar-refractivity contribution is 6.07. The molecule has 0 saturated carbocycles. The molecule has 0 unspecified atom stereocenters. The van der Waals surface area contributed by atoms with E-state index >= 15 is 0 Å². The number of benzene rings is 2. The smallest absolute Gasteiger partial charge is 0.243 e. The SMILES string of the molecule is CCCC[C@H]1C(=O)NN=C(c2ccc3nc(-c4ccccc4)oc3c2)[C@@H]1C. The first-order chi connectivity index (χ1) is 13.2. The molecule has 0 spiro atoms. The third-order valence-corrected chi connectivity index (χ3v) is 5.23. The molecule has 1 aliphatic rings. The highest BCUT2D eigenvalue weighted by Crippen LogP contribution is 2.29. The maximum Gasteiger partial charge on any atom is 0.243 e. The molecule has 138 valence electrons. The number of nitrogens with one attached hydrogen (secondary N) is 1. The van der Waals surface area contributed by atoms with Crippen molar-refractivity contribution in [3.05, 3.63) is 54.1 Å². The summed E-state index contributed by atoms with van der Waals surface area (Å²) in [7, 11) is 0. The summed E-state index contributed by atoms with van der Waals surface area (Å²) < 4.78 is 5.98. The van der Waals surface area contributed by atoms with Gasteiger partial charge in [0.25, 0.3) is 0 Å². The summed E-state index contributed by atoms with van der Waals surface area (Å²) in [4.78, 5) is 16.8. The van der Waals surface area contributed by atoms with Crippen LogP contribution >= 0.6 is 0 Å². The van der Waals surface area contributed by atoms with Gasteiger partial charge in [-0.25, -0.2) is 10.4 Å². The number of aromatic nitrogens is 1. The molecule has 0 saturated heterocycles. The first-order valence-corrected chi connectivity index (χ1v) is 9.51. The number of unbranched alkanes of at least 4 members (excludes halogenated alkanes) is 1. The van der Waals surface area contributed by atoms with Crippen LogP contribution in [0.15, 0.2) is 58.0 Å². The van der Waals surface area contributed by atoms with Gasteiger partial charge in [-0.1, -0.05) is 51.0 Å². The zero-order valence-corrected chi connectivity index (χ0v) is 15.6. The fourth-order valence-corrected chi connectivity index (χ4v) is 3.64. The summed E-state index contributed by atoms with van der Waals surface area (Å²) in [6.07, 6.45) is 3.00. The van der Waals surface area contributed by atoms with Crippen molar-refractivity contribution in [3.63, 3.8) is 0 Å².